The van der Waals surface area contributed by atoms with E-state index in [1.807, 2.05) is 18.2 Å². The van der Waals surface area contributed by atoms with E-state index in [0.717, 1.165) is 23.3 Å². The lowest BCUT2D eigenvalue weighted by Gasteiger charge is -2.56. The van der Waals surface area contributed by atoms with E-state index in [1.165, 1.54) is 38.5 Å². The number of amides is 3. The molecule has 0 unspecified atom stereocenters. The molecule has 0 saturated heterocycles. The van der Waals surface area contributed by atoms with E-state index in [2.05, 4.69) is 16.0 Å². The van der Waals surface area contributed by atoms with Crippen molar-refractivity contribution in [2.24, 2.45) is 23.2 Å². The normalized spacial score (nSPS) is 27.7. The van der Waals surface area contributed by atoms with E-state index in [-0.39, 0.29) is 23.8 Å². The second kappa shape index (κ2) is 9.35. The van der Waals surface area contributed by atoms with Crippen molar-refractivity contribution in [3.8, 4) is 0 Å². The van der Waals surface area contributed by atoms with E-state index in [0.29, 0.717) is 18.7 Å². The molecule has 4 aliphatic carbocycles. The monoisotopic (exact) mass is 455 g/mol. The van der Waals surface area contributed by atoms with Crippen molar-refractivity contribution in [3.63, 3.8) is 0 Å². The van der Waals surface area contributed by atoms with Gasteiger partial charge in [-0.2, -0.15) is 0 Å². The molecule has 180 valence electrons. The molecule has 0 atom stereocenters. The molecule has 4 fully saturated rings. The van der Waals surface area contributed by atoms with Crippen LogP contribution in [0.3, 0.4) is 0 Å². The lowest BCUT2D eigenvalue weighted by atomic mass is 9.49. The van der Waals surface area contributed by atoms with Gasteiger partial charge < -0.3 is 20.7 Å². The Morgan fingerprint density at radius 1 is 0.939 bits per heavy atom. The minimum atomic E-state index is -0.636. The van der Waals surface area contributed by atoms with Crippen molar-refractivity contribution in [1.29, 1.82) is 0 Å². The number of alkyl carbamates (subject to hydrolysis) is 1. The lowest BCUT2D eigenvalue weighted by Crippen LogP contribution is -2.47. The maximum Gasteiger partial charge on any atom is 0.408 e. The Morgan fingerprint density at radius 2 is 1.55 bits per heavy atom. The minimum Gasteiger partial charge on any atom is -0.444 e. The topological polar surface area (TPSA) is 96.5 Å². The summed E-state index contributed by atoms with van der Waals surface area (Å²) in [6.07, 6.45) is 7.73. The number of rotatable bonds is 7. The van der Waals surface area contributed by atoms with Gasteiger partial charge >= 0.3 is 6.09 Å². The van der Waals surface area contributed by atoms with Gasteiger partial charge in [0.25, 0.3) is 0 Å². The molecular weight excluding hydrogens is 418 g/mol. The molecule has 3 amide bonds. The Bertz CT molecular complexity index is 870. The molecule has 4 aliphatic rings. The summed E-state index contributed by atoms with van der Waals surface area (Å²) >= 11 is 0. The summed E-state index contributed by atoms with van der Waals surface area (Å²) in [4.78, 5) is 36.9. The molecule has 4 saturated carbocycles. The van der Waals surface area contributed by atoms with Crippen LogP contribution in [0.4, 0.5) is 10.5 Å². The van der Waals surface area contributed by atoms with Crippen molar-refractivity contribution in [2.75, 3.05) is 11.9 Å². The highest BCUT2D eigenvalue weighted by molar-refractivity contribution is 5.94. The summed E-state index contributed by atoms with van der Waals surface area (Å²) in [7, 11) is 0. The van der Waals surface area contributed by atoms with Crippen LogP contribution in [0.2, 0.25) is 0 Å². The van der Waals surface area contributed by atoms with Gasteiger partial charge in [-0.15, -0.1) is 0 Å². The van der Waals surface area contributed by atoms with Crippen LogP contribution < -0.4 is 16.0 Å². The molecular formula is C26H37N3O4. The van der Waals surface area contributed by atoms with Crippen molar-refractivity contribution >= 4 is 23.6 Å². The fourth-order valence-electron chi connectivity index (χ4n) is 6.56. The van der Waals surface area contributed by atoms with Crippen molar-refractivity contribution in [3.05, 3.63) is 29.8 Å². The number of hydrogen-bond acceptors (Lipinski definition) is 4. The molecule has 33 heavy (non-hydrogen) atoms. The standard InChI is InChI=1S/C26H37N3O4/c1-25(2,3)33-24(32)28-16-23(31)29-21-7-5-4-6-20(21)15-27-22(30)14-26-11-17-8-18(12-26)10-19(9-17)13-26/h4-7,17-19H,8-16H2,1-3H3,(H,27,30)(H,28,32)(H,29,31). The Balaban J connectivity index is 1.27. The molecule has 7 nitrogen and oxygen atoms in total. The van der Waals surface area contributed by atoms with Gasteiger partial charge in [-0.1, -0.05) is 18.2 Å². The second-order valence-corrected chi connectivity index (χ2v) is 11.4. The number of ether oxygens (including phenoxy) is 1. The minimum absolute atomic E-state index is 0.102. The smallest absolute Gasteiger partial charge is 0.408 e. The molecule has 5 rings (SSSR count). The van der Waals surface area contributed by atoms with E-state index < -0.39 is 11.7 Å². The maximum atomic E-state index is 12.9. The molecule has 7 heteroatoms. The number of benzene rings is 1. The highest BCUT2D eigenvalue weighted by Gasteiger charge is 2.51. The third-order valence-electron chi connectivity index (χ3n) is 7.26. The lowest BCUT2D eigenvalue weighted by molar-refractivity contribution is -0.129. The van der Waals surface area contributed by atoms with Crippen LogP contribution in [-0.4, -0.2) is 30.1 Å². The van der Waals surface area contributed by atoms with Crippen LogP contribution >= 0.6 is 0 Å². The molecule has 0 aliphatic heterocycles. The molecule has 0 aromatic heterocycles. The first kappa shape index (κ1) is 23.6. The third kappa shape index (κ3) is 6.27. The fraction of sp³-hybridized carbons (Fsp3) is 0.654. The summed E-state index contributed by atoms with van der Waals surface area (Å²) in [6, 6.07) is 7.40. The number of para-hydroxylation sites is 1. The molecule has 3 N–H and O–H groups in total. The average Bonchev–Trinajstić information content (AvgIpc) is 2.69. The number of nitrogens with one attached hydrogen (secondary N) is 3. The van der Waals surface area contributed by atoms with Crippen LogP contribution in [0.5, 0.6) is 0 Å². The summed E-state index contributed by atoms with van der Waals surface area (Å²) < 4.78 is 5.15. The Labute approximate surface area is 196 Å². The molecule has 0 spiro atoms. The van der Waals surface area contributed by atoms with Crippen molar-refractivity contribution in [1.82, 2.24) is 10.6 Å². The van der Waals surface area contributed by atoms with Crippen LogP contribution in [-0.2, 0) is 20.9 Å². The quantitative estimate of drug-likeness (QED) is 0.569. The van der Waals surface area contributed by atoms with E-state index >= 15 is 0 Å². The average molecular weight is 456 g/mol. The Morgan fingerprint density at radius 3 is 2.15 bits per heavy atom. The van der Waals surface area contributed by atoms with Gasteiger partial charge in [0.05, 0.1) is 0 Å². The number of carbonyl (C=O) groups excluding carboxylic acids is 3. The zero-order chi connectivity index (χ0) is 23.6. The first-order chi connectivity index (χ1) is 15.6. The van der Waals surface area contributed by atoms with E-state index in [1.54, 1.807) is 26.8 Å². The first-order valence-electron chi connectivity index (χ1n) is 12.2. The fourth-order valence-corrected chi connectivity index (χ4v) is 6.56. The Kier molecular flexibility index (Phi) is 6.68. The number of hydrogen-bond donors (Lipinski definition) is 3. The van der Waals surface area contributed by atoms with Gasteiger partial charge in [0.2, 0.25) is 11.8 Å². The van der Waals surface area contributed by atoms with Gasteiger partial charge in [0, 0.05) is 18.7 Å². The summed E-state index contributed by atoms with van der Waals surface area (Å²) in [5, 5.41) is 8.36. The van der Waals surface area contributed by atoms with Crippen LogP contribution in [0, 0.1) is 23.2 Å². The molecule has 0 radical (unpaired) electrons. The molecule has 0 heterocycles. The van der Waals surface area contributed by atoms with Gasteiger partial charge in [0.15, 0.2) is 0 Å². The molecule has 1 aromatic carbocycles. The van der Waals surface area contributed by atoms with Gasteiger partial charge in [0.1, 0.15) is 12.1 Å². The molecule has 4 bridgehead atoms. The zero-order valence-corrected chi connectivity index (χ0v) is 20.0. The first-order valence-corrected chi connectivity index (χ1v) is 12.2. The maximum absolute atomic E-state index is 12.9. The third-order valence-corrected chi connectivity index (χ3v) is 7.26. The number of anilines is 1. The van der Waals surface area contributed by atoms with Crippen molar-refractivity contribution < 1.29 is 19.1 Å². The van der Waals surface area contributed by atoms with Crippen molar-refractivity contribution in [2.45, 2.75) is 77.9 Å². The van der Waals surface area contributed by atoms with Crippen LogP contribution in [0.15, 0.2) is 24.3 Å². The predicted molar refractivity (Wildman–Crippen MR) is 126 cm³/mol. The highest BCUT2D eigenvalue weighted by Crippen LogP contribution is 2.61. The number of carbonyl (C=O) groups is 3. The van der Waals surface area contributed by atoms with E-state index in [9.17, 15) is 14.4 Å². The van der Waals surface area contributed by atoms with Crippen LogP contribution in [0.1, 0.15) is 71.3 Å². The van der Waals surface area contributed by atoms with Gasteiger partial charge in [-0.3, -0.25) is 9.59 Å². The zero-order valence-electron chi connectivity index (χ0n) is 20.0. The predicted octanol–water partition coefficient (Wildman–Crippen LogP) is 4.37. The summed E-state index contributed by atoms with van der Waals surface area (Å²) in [5.41, 5.74) is 1.05. The van der Waals surface area contributed by atoms with E-state index in [4.69, 9.17) is 4.74 Å². The van der Waals surface area contributed by atoms with Crippen LogP contribution in [0.25, 0.3) is 0 Å². The summed E-state index contributed by atoms with van der Waals surface area (Å²) in [6.45, 7) is 5.46. The Hall–Kier alpha value is -2.57. The largest absolute Gasteiger partial charge is 0.444 e. The van der Waals surface area contributed by atoms with Gasteiger partial charge in [-0.25, -0.2) is 4.79 Å². The SMILES string of the molecule is CC(C)(C)OC(=O)NCC(=O)Nc1ccccc1CNC(=O)CC12CC3CC(CC(C3)C1)C2. The molecule has 1 aromatic rings. The van der Waals surface area contributed by atoms with Gasteiger partial charge in [-0.05, 0) is 94.1 Å². The summed E-state index contributed by atoms with van der Waals surface area (Å²) in [5.74, 6) is 2.23. The highest BCUT2D eigenvalue weighted by atomic mass is 16.6. The second-order valence-electron chi connectivity index (χ2n) is 11.4.